The lowest BCUT2D eigenvalue weighted by atomic mass is 10.2. The number of anilines is 1. The SMILES string of the molecule is CC(OCC1CC1)C(=O)Nc1ccc2[nH]c(=S)oc2c1. The summed E-state index contributed by atoms with van der Waals surface area (Å²) in [5, 5.41) is 2.82. The third-order valence-corrected chi connectivity index (χ3v) is 3.52. The number of H-pyrrole nitrogens is 1. The highest BCUT2D eigenvalue weighted by Gasteiger charge is 2.24. The van der Waals surface area contributed by atoms with Crippen LogP contribution in [-0.2, 0) is 9.53 Å². The molecule has 1 aliphatic rings. The quantitative estimate of drug-likeness (QED) is 0.830. The Labute approximate surface area is 121 Å². The van der Waals surface area contributed by atoms with E-state index in [4.69, 9.17) is 21.4 Å². The van der Waals surface area contributed by atoms with E-state index in [1.165, 1.54) is 12.8 Å². The van der Waals surface area contributed by atoms with E-state index in [1.807, 2.05) is 6.07 Å². The molecule has 0 spiro atoms. The summed E-state index contributed by atoms with van der Waals surface area (Å²) in [6.45, 7) is 2.43. The maximum atomic E-state index is 12.0. The van der Waals surface area contributed by atoms with Crippen LogP contribution in [0.4, 0.5) is 5.69 Å². The fourth-order valence-electron chi connectivity index (χ4n) is 1.91. The minimum absolute atomic E-state index is 0.154. The van der Waals surface area contributed by atoms with Crippen molar-refractivity contribution >= 4 is 34.9 Å². The topological polar surface area (TPSA) is 67.3 Å². The second kappa shape index (κ2) is 5.38. The summed E-state index contributed by atoms with van der Waals surface area (Å²) in [5.74, 6) is 0.491. The van der Waals surface area contributed by atoms with Crippen LogP contribution in [0.5, 0.6) is 0 Å². The summed E-state index contributed by atoms with van der Waals surface area (Å²) in [5.41, 5.74) is 2.10. The van der Waals surface area contributed by atoms with Gasteiger partial charge < -0.3 is 19.5 Å². The highest BCUT2D eigenvalue weighted by atomic mass is 32.1. The normalized spacial score (nSPS) is 16.2. The monoisotopic (exact) mass is 292 g/mol. The molecule has 0 saturated heterocycles. The van der Waals surface area contributed by atoms with E-state index in [2.05, 4.69) is 10.3 Å². The molecule has 0 radical (unpaired) electrons. The fraction of sp³-hybridized carbons (Fsp3) is 0.429. The predicted molar refractivity (Wildman–Crippen MR) is 78.2 cm³/mol. The zero-order valence-corrected chi connectivity index (χ0v) is 12.0. The van der Waals surface area contributed by atoms with Gasteiger partial charge in [0.1, 0.15) is 6.10 Å². The lowest BCUT2D eigenvalue weighted by Crippen LogP contribution is -2.28. The summed E-state index contributed by atoms with van der Waals surface area (Å²) < 4.78 is 10.8. The molecule has 1 aromatic heterocycles. The average Bonchev–Trinajstić information content (AvgIpc) is 3.16. The van der Waals surface area contributed by atoms with E-state index in [0.29, 0.717) is 28.6 Å². The van der Waals surface area contributed by atoms with Crippen LogP contribution in [-0.4, -0.2) is 23.6 Å². The molecule has 20 heavy (non-hydrogen) atoms. The summed E-state index contributed by atoms with van der Waals surface area (Å²) in [7, 11) is 0. The van der Waals surface area contributed by atoms with Crippen LogP contribution in [0.3, 0.4) is 0 Å². The number of oxazole rings is 1. The molecule has 1 unspecified atom stereocenters. The number of aromatic nitrogens is 1. The van der Waals surface area contributed by atoms with E-state index >= 15 is 0 Å². The number of carbonyl (C=O) groups excluding carboxylic acids is 1. The first-order valence-electron chi connectivity index (χ1n) is 6.67. The molecule has 0 bridgehead atoms. The molecule has 5 nitrogen and oxygen atoms in total. The lowest BCUT2D eigenvalue weighted by molar-refractivity contribution is -0.126. The van der Waals surface area contributed by atoms with E-state index in [1.54, 1.807) is 19.1 Å². The molecule has 1 saturated carbocycles. The van der Waals surface area contributed by atoms with Crippen molar-refractivity contribution in [2.24, 2.45) is 5.92 Å². The van der Waals surface area contributed by atoms with E-state index in [-0.39, 0.29) is 5.91 Å². The van der Waals surface area contributed by atoms with Gasteiger partial charge in [-0.25, -0.2) is 0 Å². The van der Waals surface area contributed by atoms with Crippen LogP contribution in [0.15, 0.2) is 22.6 Å². The lowest BCUT2D eigenvalue weighted by Gasteiger charge is -2.13. The number of carbonyl (C=O) groups is 1. The maximum Gasteiger partial charge on any atom is 0.266 e. The maximum absolute atomic E-state index is 12.0. The molecule has 3 rings (SSSR count). The summed E-state index contributed by atoms with van der Waals surface area (Å²) in [6, 6.07) is 5.36. The van der Waals surface area contributed by atoms with Gasteiger partial charge in [-0.2, -0.15) is 0 Å². The third-order valence-electron chi connectivity index (χ3n) is 3.34. The van der Waals surface area contributed by atoms with Crippen molar-refractivity contribution in [1.82, 2.24) is 4.98 Å². The molecule has 1 atom stereocenters. The number of aromatic amines is 1. The van der Waals surface area contributed by atoms with Crippen LogP contribution in [0, 0.1) is 10.8 Å². The Bertz CT molecular complexity index is 687. The molecule has 2 N–H and O–H groups in total. The highest BCUT2D eigenvalue weighted by Crippen LogP contribution is 2.29. The van der Waals surface area contributed by atoms with Crippen molar-refractivity contribution in [3.63, 3.8) is 0 Å². The van der Waals surface area contributed by atoms with Gasteiger partial charge in [-0.1, -0.05) is 0 Å². The Morgan fingerprint density at radius 1 is 1.60 bits per heavy atom. The molecular weight excluding hydrogens is 276 g/mol. The van der Waals surface area contributed by atoms with Gasteiger partial charge in [0, 0.05) is 11.8 Å². The first-order valence-corrected chi connectivity index (χ1v) is 7.08. The fourth-order valence-corrected chi connectivity index (χ4v) is 2.11. The molecule has 1 heterocycles. The largest absolute Gasteiger partial charge is 0.429 e. The van der Waals surface area contributed by atoms with Crippen molar-refractivity contribution in [3.8, 4) is 0 Å². The molecule has 1 aliphatic carbocycles. The Kier molecular flexibility index (Phi) is 3.58. The number of rotatable bonds is 5. The minimum Gasteiger partial charge on any atom is -0.429 e. The first-order chi connectivity index (χ1) is 9.61. The smallest absolute Gasteiger partial charge is 0.266 e. The second-order valence-corrected chi connectivity index (χ2v) is 5.50. The van der Waals surface area contributed by atoms with Crippen LogP contribution >= 0.6 is 12.2 Å². The number of hydrogen-bond acceptors (Lipinski definition) is 4. The number of ether oxygens (including phenoxy) is 1. The van der Waals surface area contributed by atoms with Crippen LogP contribution < -0.4 is 5.32 Å². The van der Waals surface area contributed by atoms with Crippen molar-refractivity contribution in [3.05, 3.63) is 23.0 Å². The van der Waals surface area contributed by atoms with Gasteiger partial charge in [-0.05, 0) is 50.0 Å². The van der Waals surface area contributed by atoms with E-state index < -0.39 is 6.10 Å². The zero-order chi connectivity index (χ0) is 14.1. The average molecular weight is 292 g/mol. The number of amides is 1. The van der Waals surface area contributed by atoms with E-state index in [9.17, 15) is 4.79 Å². The highest BCUT2D eigenvalue weighted by molar-refractivity contribution is 7.71. The molecular formula is C14H16N2O3S. The van der Waals surface area contributed by atoms with Crippen molar-refractivity contribution in [1.29, 1.82) is 0 Å². The van der Waals surface area contributed by atoms with Crippen molar-refractivity contribution < 1.29 is 13.9 Å². The Balaban J connectivity index is 1.64. The van der Waals surface area contributed by atoms with Crippen molar-refractivity contribution in [2.75, 3.05) is 11.9 Å². The third kappa shape index (κ3) is 3.08. The van der Waals surface area contributed by atoms with Gasteiger partial charge in [-0.3, -0.25) is 4.79 Å². The molecule has 6 heteroatoms. The van der Waals surface area contributed by atoms with E-state index in [0.717, 1.165) is 5.52 Å². The van der Waals surface area contributed by atoms with Gasteiger partial charge in [-0.15, -0.1) is 0 Å². The van der Waals surface area contributed by atoms with Crippen LogP contribution in [0.25, 0.3) is 11.1 Å². The standard InChI is InChI=1S/C14H16N2O3S/c1-8(18-7-9-2-3-9)13(17)15-10-4-5-11-12(6-10)19-14(20)16-11/h4-6,8-9H,2-3,7H2,1H3,(H,15,17)(H,16,20). The summed E-state index contributed by atoms with van der Waals surface area (Å²) in [6.07, 6.45) is 1.97. The first kappa shape index (κ1) is 13.3. The Hall–Kier alpha value is -1.66. The van der Waals surface area contributed by atoms with Gasteiger partial charge in [0.05, 0.1) is 12.1 Å². The number of nitrogens with one attached hydrogen (secondary N) is 2. The van der Waals surface area contributed by atoms with Crippen molar-refractivity contribution in [2.45, 2.75) is 25.9 Å². The zero-order valence-electron chi connectivity index (χ0n) is 11.1. The summed E-state index contributed by atoms with van der Waals surface area (Å²) in [4.78, 5) is 15.2. The number of hydrogen-bond donors (Lipinski definition) is 2. The Morgan fingerprint density at radius 3 is 3.15 bits per heavy atom. The predicted octanol–water partition coefficient (Wildman–Crippen LogP) is 3.24. The molecule has 1 aromatic carbocycles. The molecule has 0 aliphatic heterocycles. The van der Waals surface area contributed by atoms with Crippen LogP contribution in [0.2, 0.25) is 0 Å². The minimum atomic E-state index is -0.455. The van der Waals surface area contributed by atoms with Gasteiger partial charge in [0.2, 0.25) is 0 Å². The summed E-state index contributed by atoms with van der Waals surface area (Å²) >= 11 is 4.92. The number of fused-ring (bicyclic) bond motifs is 1. The molecule has 1 fully saturated rings. The van der Waals surface area contributed by atoms with Gasteiger partial charge >= 0.3 is 0 Å². The van der Waals surface area contributed by atoms with Gasteiger partial charge in [0.25, 0.3) is 10.7 Å². The van der Waals surface area contributed by atoms with Gasteiger partial charge in [0.15, 0.2) is 5.58 Å². The van der Waals surface area contributed by atoms with Crippen LogP contribution in [0.1, 0.15) is 19.8 Å². The molecule has 1 amide bonds. The second-order valence-electron chi connectivity index (χ2n) is 5.13. The number of benzene rings is 1. The molecule has 106 valence electrons. The Morgan fingerprint density at radius 2 is 2.40 bits per heavy atom. The molecule has 2 aromatic rings.